The lowest BCUT2D eigenvalue weighted by molar-refractivity contribution is -0.167. The van der Waals surface area contributed by atoms with Crippen molar-refractivity contribution < 1.29 is 14.6 Å². The van der Waals surface area contributed by atoms with E-state index >= 15 is 0 Å². The zero-order valence-corrected chi connectivity index (χ0v) is 9.09. The number of hydrogen-bond acceptors (Lipinski definition) is 4. The highest BCUT2D eigenvalue weighted by Crippen LogP contribution is 2.30. The number of rotatable bonds is 3. The molecule has 2 heterocycles. The lowest BCUT2D eigenvalue weighted by Crippen LogP contribution is -2.57. The minimum absolute atomic E-state index is 0.153. The van der Waals surface area contributed by atoms with Gasteiger partial charge in [-0.3, -0.25) is 9.69 Å². The zero-order chi connectivity index (χ0) is 11.6. The summed E-state index contributed by atoms with van der Waals surface area (Å²) in [5.41, 5.74) is -0.772. The molecule has 0 bridgehead atoms. The van der Waals surface area contributed by atoms with Crippen LogP contribution in [0.3, 0.4) is 0 Å². The fourth-order valence-corrected chi connectivity index (χ4v) is 1.64. The number of amides is 1. The van der Waals surface area contributed by atoms with Crippen molar-refractivity contribution in [3.63, 3.8) is 0 Å². The normalized spacial score (nSPS) is 17.6. The van der Waals surface area contributed by atoms with Crippen molar-refractivity contribution in [1.29, 1.82) is 0 Å². The molecule has 0 radical (unpaired) electrons. The average Bonchev–Trinajstić information content (AvgIpc) is 2.28. The molecule has 0 aliphatic carbocycles. The van der Waals surface area contributed by atoms with E-state index in [1.165, 1.54) is 4.90 Å². The van der Waals surface area contributed by atoms with E-state index < -0.39 is 5.41 Å². The number of pyridine rings is 1. The lowest BCUT2D eigenvalue weighted by Gasteiger charge is -2.40. The third-order valence-electron chi connectivity index (χ3n) is 2.81. The number of aromatic nitrogens is 1. The van der Waals surface area contributed by atoms with Crippen molar-refractivity contribution in [2.45, 2.75) is 0 Å². The summed E-state index contributed by atoms with van der Waals surface area (Å²) in [5, 5.41) is 9.25. The summed E-state index contributed by atoms with van der Waals surface area (Å²) >= 11 is 0. The first kappa shape index (κ1) is 11.0. The first-order valence-electron chi connectivity index (χ1n) is 5.07. The number of carbonyl (C=O) groups excluding carboxylic acids is 1. The van der Waals surface area contributed by atoms with Crippen LogP contribution in [0.25, 0.3) is 0 Å². The molecule has 1 saturated heterocycles. The summed E-state index contributed by atoms with van der Waals surface area (Å²) in [4.78, 5) is 17.7. The molecular weight excluding hydrogens is 208 g/mol. The maximum atomic E-state index is 12.1. The molecule has 5 nitrogen and oxygen atoms in total. The number of aliphatic hydroxyl groups excluding tert-OH is 1. The third kappa shape index (κ3) is 1.68. The summed E-state index contributed by atoms with van der Waals surface area (Å²) in [7, 11) is 1.65. The topological polar surface area (TPSA) is 62.7 Å². The van der Waals surface area contributed by atoms with E-state index in [-0.39, 0.29) is 25.7 Å². The SMILES string of the molecule is CN(C(=O)C1(CO)COC1)c1ccccn1. The van der Waals surface area contributed by atoms with Gasteiger partial charge in [0.2, 0.25) is 5.91 Å². The van der Waals surface area contributed by atoms with E-state index in [4.69, 9.17) is 4.74 Å². The molecule has 0 saturated carbocycles. The molecule has 1 aliphatic rings. The van der Waals surface area contributed by atoms with Gasteiger partial charge in [-0.05, 0) is 12.1 Å². The number of aliphatic hydroxyl groups is 1. The van der Waals surface area contributed by atoms with Gasteiger partial charge in [0.15, 0.2) is 0 Å². The first-order valence-corrected chi connectivity index (χ1v) is 5.07. The highest BCUT2D eigenvalue weighted by Gasteiger charge is 2.47. The van der Waals surface area contributed by atoms with Crippen LogP contribution in [0, 0.1) is 5.41 Å². The maximum absolute atomic E-state index is 12.1. The molecule has 1 aromatic heterocycles. The average molecular weight is 222 g/mol. The van der Waals surface area contributed by atoms with Crippen LogP contribution >= 0.6 is 0 Å². The molecule has 2 rings (SSSR count). The molecule has 1 amide bonds. The number of nitrogens with zero attached hydrogens (tertiary/aromatic N) is 2. The molecule has 5 heteroatoms. The predicted molar refractivity (Wildman–Crippen MR) is 58.0 cm³/mol. The Morgan fingerprint density at radius 1 is 1.62 bits per heavy atom. The highest BCUT2D eigenvalue weighted by atomic mass is 16.5. The van der Waals surface area contributed by atoms with Crippen LogP contribution in [-0.2, 0) is 9.53 Å². The fourth-order valence-electron chi connectivity index (χ4n) is 1.64. The molecule has 0 aromatic carbocycles. The first-order chi connectivity index (χ1) is 7.69. The Morgan fingerprint density at radius 3 is 2.81 bits per heavy atom. The van der Waals surface area contributed by atoms with Crippen LogP contribution in [0.2, 0.25) is 0 Å². The maximum Gasteiger partial charge on any atom is 0.241 e. The van der Waals surface area contributed by atoms with Crippen molar-refractivity contribution in [3.8, 4) is 0 Å². The Kier molecular flexibility index (Phi) is 2.89. The Balaban J connectivity index is 2.16. The van der Waals surface area contributed by atoms with Crippen molar-refractivity contribution in [1.82, 2.24) is 4.98 Å². The van der Waals surface area contributed by atoms with Gasteiger partial charge < -0.3 is 9.84 Å². The molecule has 0 spiro atoms. The van der Waals surface area contributed by atoms with Crippen LogP contribution in [-0.4, -0.2) is 42.9 Å². The summed E-state index contributed by atoms with van der Waals surface area (Å²) in [6.07, 6.45) is 1.63. The van der Waals surface area contributed by atoms with Crippen LogP contribution in [0.15, 0.2) is 24.4 Å². The van der Waals surface area contributed by atoms with Crippen LogP contribution in [0.5, 0.6) is 0 Å². The molecule has 1 aromatic rings. The predicted octanol–water partition coefficient (Wildman–Crippen LogP) is 0.0533. The van der Waals surface area contributed by atoms with E-state index in [9.17, 15) is 9.90 Å². The Morgan fingerprint density at radius 2 is 2.38 bits per heavy atom. The van der Waals surface area contributed by atoms with Crippen LogP contribution in [0.4, 0.5) is 5.82 Å². The van der Waals surface area contributed by atoms with Crippen LogP contribution < -0.4 is 4.90 Å². The zero-order valence-electron chi connectivity index (χ0n) is 9.09. The molecular formula is C11H14N2O3. The Bertz CT molecular complexity index is 371. The minimum atomic E-state index is -0.772. The lowest BCUT2D eigenvalue weighted by atomic mass is 9.85. The van der Waals surface area contributed by atoms with Gasteiger partial charge in [-0.25, -0.2) is 4.98 Å². The van der Waals surface area contributed by atoms with Crippen molar-refractivity contribution in [3.05, 3.63) is 24.4 Å². The molecule has 1 aliphatic heterocycles. The second kappa shape index (κ2) is 4.19. The van der Waals surface area contributed by atoms with Gasteiger partial charge in [0.1, 0.15) is 11.2 Å². The fraction of sp³-hybridized carbons (Fsp3) is 0.455. The smallest absolute Gasteiger partial charge is 0.241 e. The van der Waals surface area contributed by atoms with Gasteiger partial charge in [0.05, 0.1) is 19.8 Å². The van der Waals surface area contributed by atoms with Crippen molar-refractivity contribution >= 4 is 11.7 Å². The molecule has 1 fully saturated rings. The number of hydrogen-bond donors (Lipinski definition) is 1. The van der Waals surface area contributed by atoms with Crippen molar-refractivity contribution in [2.75, 3.05) is 31.8 Å². The highest BCUT2D eigenvalue weighted by molar-refractivity contribution is 5.97. The van der Waals surface area contributed by atoms with Gasteiger partial charge in [0, 0.05) is 13.2 Å². The molecule has 0 atom stereocenters. The van der Waals surface area contributed by atoms with E-state index in [1.54, 1.807) is 25.4 Å². The molecule has 16 heavy (non-hydrogen) atoms. The van der Waals surface area contributed by atoms with E-state index in [2.05, 4.69) is 4.98 Å². The Hall–Kier alpha value is -1.46. The largest absolute Gasteiger partial charge is 0.395 e. The van der Waals surface area contributed by atoms with Gasteiger partial charge in [0.25, 0.3) is 0 Å². The monoisotopic (exact) mass is 222 g/mol. The third-order valence-corrected chi connectivity index (χ3v) is 2.81. The summed E-state index contributed by atoms with van der Waals surface area (Å²) < 4.78 is 5.01. The van der Waals surface area contributed by atoms with Gasteiger partial charge >= 0.3 is 0 Å². The van der Waals surface area contributed by atoms with Gasteiger partial charge in [-0.1, -0.05) is 6.07 Å². The van der Waals surface area contributed by atoms with E-state index in [0.29, 0.717) is 5.82 Å². The summed E-state index contributed by atoms with van der Waals surface area (Å²) in [6.45, 7) is 0.363. The summed E-state index contributed by atoms with van der Waals surface area (Å²) in [5.74, 6) is 0.423. The molecule has 0 unspecified atom stereocenters. The molecule has 86 valence electrons. The number of carbonyl (C=O) groups is 1. The van der Waals surface area contributed by atoms with E-state index in [0.717, 1.165) is 0 Å². The Labute approximate surface area is 93.7 Å². The second-order valence-corrected chi connectivity index (χ2v) is 3.98. The van der Waals surface area contributed by atoms with Gasteiger partial charge in [-0.15, -0.1) is 0 Å². The second-order valence-electron chi connectivity index (χ2n) is 3.98. The summed E-state index contributed by atoms with van der Waals surface area (Å²) in [6, 6.07) is 5.35. The minimum Gasteiger partial charge on any atom is -0.395 e. The van der Waals surface area contributed by atoms with E-state index in [1.807, 2.05) is 6.07 Å². The number of ether oxygens (including phenoxy) is 1. The van der Waals surface area contributed by atoms with Crippen LogP contribution in [0.1, 0.15) is 0 Å². The standard InChI is InChI=1S/C11H14N2O3/c1-13(9-4-2-3-5-12-9)10(15)11(6-14)7-16-8-11/h2-5,14H,6-8H2,1H3. The van der Waals surface area contributed by atoms with Crippen molar-refractivity contribution in [2.24, 2.45) is 5.41 Å². The molecule has 1 N–H and O–H groups in total. The quantitative estimate of drug-likeness (QED) is 0.785. The van der Waals surface area contributed by atoms with Gasteiger partial charge in [-0.2, -0.15) is 0 Å². The number of anilines is 1.